The van der Waals surface area contributed by atoms with Gasteiger partial charge in [-0.25, -0.2) is 13.2 Å². The van der Waals surface area contributed by atoms with E-state index in [1.165, 1.54) is 30.6 Å². The number of halogens is 3. The van der Waals surface area contributed by atoms with E-state index in [0.717, 1.165) is 6.07 Å². The molecule has 1 amide bonds. The molecule has 7 heteroatoms. The van der Waals surface area contributed by atoms with Gasteiger partial charge < -0.3 is 5.32 Å². The largest absolute Gasteiger partial charge is 0.345 e. The van der Waals surface area contributed by atoms with E-state index in [-0.39, 0.29) is 11.1 Å². The Morgan fingerprint density at radius 2 is 1.92 bits per heavy atom. The van der Waals surface area contributed by atoms with Crippen LogP contribution in [-0.4, -0.2) is 16.1 Å². The van der Waals surface area contributed by atoms with Crippen molar-refractivity contribution >= 4 is 5.91 Å². The van der Waals surface area contributed by atoms with Gasteiger partial charge in [0.05, 0.1) is 12.2 Å². The van der Waals surface area contributed by atoms with Crippen LogP contribution in [0, 0.1) is 5.82 Å². The minimum Gasteiger partial charge on any atom is -0.345 e. The van der Waals surface area contributed by atoms with Crippen LogP contribution in [0.5, 0.6) is 0 Å². The number of aromatic nitrogens is 2. The van der Waals surface area contributed by atoms with Crippen molar-refractivity contribution in [1.82, 2.24) is 15.5 Å². The van der Waals surface area contributed by atoms with E-state index in [1.54, 1.807) is 25.1 Å². The molecule has 4 nitrogen and oxygen atoms in total. The average molecular weight is 359 g/mol. The Morgan fingerprint density at radius 1 is 1.15 bits per heavy atom. The van der Waals surface area contributed by atoms with E-state index in [4.69, 9.17) is 0 Å². The lowest BCUT2D eigenvalue weighted by atomic mass is 9.99. The van der Waals surface area contributed by atoms with Crippen molar-refractivity contribution in [2.45, 2.75) is 19.4 Å². The van der Waals surface area contributed by atoms with Crippen molar-refractivity contribution in [1.29, 1.82) is 0 Å². The number of nitrogens with zero attached hydrogens (tertiary/aromatic N) is 1. The molecule has 0 saturated carbocycles. The smallest absolute Gasteiger partial charge is 0.264 e. The van der Waals surface area contributed by atoms with Gasteiger partial charge in [0.2, 0.25) is 0 Å². The zero-order chi connectivity index (χ0) is 18.7. The summed E-state index contributed by atoms with van der Waals surface area (Å²) < 4.78 is 40.7. The second-order valence-corrected chi connectivity index (χ2v) is 5.81. The predicted octanol–water partition coefficient (Wildman–Crippen LogP) is 4.64. The van der Waals surface area contributed by atoms with Crippen LogP contribution in [0.3, 0.4) is 0 Å². The molecule has 0 saturated heterocycles. The molecule has 26 heavy (non-hydrogen) atoms. The topological polar surface area (TPSA) is 57.8 Å². The zero-order valence-corrected chi connectivity index (χ0v) is 13.8. The van der Waals surface area contributed by atoms with Crippen LogP contribution in [0.15, 0.2) is 54.9 Å². The number of aromatic amines is 1. The number of hydrogen-bond acceptors (Lipinski definition) is 2. The van der Waals surface area contributed by atoms with Gasteiger partial charge >= 0.3 is 0 Å². The molecule has 1 atom stereocenters. The first kappa shape index (κ1) is 17.7. The third-order valence-electron chi connectivity index (χ3n) is 4.08. The van der Waals surface area contributed by atoms with Gasteiger partial charge in [0.1, 0.15) is 5.82 Å². The molecule has 1 aromatic heterocycles. The molecule has 0 spiro atoms. The molecule has 3 rings (SSSR count). The highest BCUT2D eigenvalue weighted by atomic mass is 19.3. The van der Waals surface area contributed by atoms with Crippen molar-refractivity contribution in [2.75, 3.05) is 0 Å². The number of H-pyrrole nitrogens is 1. The summed E-state index contributed by atoms with van der Waals surface area (Å²) in [5.74, 6) is -0.995. The molecule has 134 valence electrons. The van der Waals surface area contributed by atoms with Crippen LogP contribution in [0.2, 0.25) is 0 Å². The fourth-order valence-electron chi connectivity index (χ4n) is 2.73. The fourth-order valence-corrected chi connectivity index (χ4v) is 2.73. The normalized spacial score (nSPS) is 12.2. The molecular formula is C19H16F3N3O. The highest BCUT2D eigenvalue weighted by Gasteiger charge is 2.19. The molecule has 0 aliphatic heterocycles. The van der Waals surface area contributed by atoms with E-state index in [9.17, 15) is 18.0 Å². The summed E-state index contributed by atoms with van der Waals surface area (Å²) in [6.45, 7) is 1.63. The van der Waals surface area contributed by atoms with E-state index >= 15 is 0 Å². The number of hydrogen-bond donors (Lipinski definition) is 2. The first-order valence-corrected chi connectivity index (χ1v) is 7.94. The lowest BCUT2D eigenvalue weighted by Crippen LogP contribution is -2.27. The molecule has 3 aromatic rings. The average Bonchev–Trinajstić information content (AvgIpc) is 3.15. The Morgan fingerprint density at radius 3 is 2.58 bits per heavy atom. The summed E-state index contributed by atoms with van der Waals surface area (Å²) in [5, 5.41) is 8.96. The van der Waals surface area contributed by atoms with Gasteiger partial charge in [-0.15, -0.1) is 0 Å². The summed E-state index contributed by atoms with van der Waals surface area (Å²) in [4.78, 5) is 12.4. The second kappa shape index (κ2) is 7.43. The zero-order valence-electron chi connectivity index (χ0n) is 13.8. The van der Waals surface area contributed by atoms with Gasteiger partial charge in [0.15, 0.2) is 0 Å². The molecule has 0 fully saturated rings. The molecule has 0 aliphatic carbocycles. The van der Waals surface area contributed by atoms with Gasteiger partial charge in [-0.1, -0.05) is 24.3 Å². The number of amides is 1. The number of alkyl halides is 2. The van der Waals surface area contributed by atoms with Gasteiger partial charge in [0, 0.05) is 28.5 Å². The highest BCUT2D eigenvalue weighted by molar-refractivity contribution is 5.95. The van der Waals surface area contributed by atoms with Gasteiger partial charge in [0.25, 0.3) is 12.3 Å². The van der Waals surface area contributed by atoms with Gasteiger partial charge in [-0.05, 0) is 30.7 Å². The van der Waals surface area contributed by atoms with Gasteiger partial charge in [-0.2, -0.15) is 5.10 Å². The van der Waals surface area contributed by atoms with Crippen LogP contribution in [0.25, 0.3) is 11.1 Å². The van der Waals surface area contributed by atoms with Crippen molar-refractivity contribution in [2.24, 2.45) is 0 Å². The maximum Gasteiger partial charge on any atom is 0.264 e. The number of carbonyl (C=O) groups is 1. The molecule has 0 bridgehead atoms. The number of rotatable bonds is 5. The number of carbonyl (C=O) groups excluding carboxylic acids is 1. The summed E-state index contributed by atoms with van der Waals surface area (Å²) >= 11 is 0. The van der Waals surface area contributed by atoms with Crippen LogP contribution in [0.4, 0.5) is 13.2 Å². The molecule has 2 N–H and O–H groups in total. The fraction of sp³-hybridized carbons (Fsp3) is 0.158. The number of nitrogens with one attached hydrogen (secondary N) is 2. The summed E-state index contributed by atoms with van der Waals surface area (Å²) in [7, 11) is 0. The highest BCUT2D eigenvalue weighted by Crippen LogP contribution is 2.31. The van der Waals surface area contributed by atoms with Crippen LogP contribution in [0.1, 0.15) is 40.9 Å². The SMILES string of the molecule is C[C@H](NC(=O)c1ccc(-c2cn[nH]c2)c(C(F)F)c1)c1ccccc1F. The van der Waals surface area contributed by atoms with Crippen molar-refractivity contribution in [3.63, 3.8) is 0 Å². The minimum absolute atomic E-state index is 0.0794. The van der Waals surface area contributed by atoms with Crippen molar-refractivity contribution < 1.29 is 18.0 Å². The Hall–Kier alpha value is -3.09. The molecule has 2 aromatic carbocycles. The summed E-state index contributed by atoms with van der Waals surface area (Å²) in [6, 6.07) is 9.53. The van der Waals surface area contributed by atoms with E-state index in [2.05, 4.69) is 15.5 Å². The van der Waals surface area contributed by atoms with E-state index in [1.807, 2.05) is 0 Å². The van der Waals surface area contributed by atoms with E-state index in [0.29, 0.717) is 16.7 Å². The lowest BCUT2D eigenvalue weighted by molar-refractivity contribution is 0.0939. The lowest BCUT2D eigenvalue weighted by Gasteiger charge is -2.16. The molecule has 0 aliphatic rings. The predicted molar refractivity (Wildman–Crippen MR) is 91.3 cm³/mol. The minimum atomic E-state index is -2.75. The van der Waals surface area contributed by atoms with Crippen molar-refractivity contribution in [3.05, 3.63) is 77.4 Å². The third kappa shape index (κ3) is 3.61. The van der Waals surface area contributed by atoms with E-state index < -0.39 is 24.2 Å². The molecular weight excluding hydrogens is 343 g/mol. The van der Waals surface area contributed by atoms with Crippen LogP contribution in [-0.2, 0) is 0 Å². The molecule has 0 radical (unpaired) electrons. The summed E-state index contributed by atoms with van der Waals surface area (Å²) in [6.07, 6.45) is 0.180. The maximum atomic E-state index is 13.8. The monoisotopic (exact) mass is 359 g/mol. The standard InChI is InChI=1S/C19H16F3N3O/c1-11(14-4-2-3-5-17(14)20)25-19(26)12-6-7-15(13-9-23-24-10-13)16(8-12)18(21)22/h2-11,18H,1H3,(H,23,24)(H,25,26)/t11-/m0/s1. The third-order valence-corrected chi connectivity index (χ3v) is 4.08. The Kier molecular flexibility index (Phi) is 5.06. The van der Waals surface area contributed by atoms with Crippen molar-refractivity contribution in [3.8, 4) is 11.1 Å². The molecule has 0 unspecified atom stereocenters. The Bertz CT molecular complexity index is 910. The first-order chi connectivity index (χ1) is 12.5. The summed E-state index contributed by atoms with van der Waals surface area (Å²) in [5.41, 5.74) is 0.942. The molecule has 1 heterocycles. The van der Waals surface area contributed by atoms with Gasteiger partial charge in [-0.3, -0.25) is 9.89 Å². The maximum absolute atomic E-state index is 13.8. The van der Waals surface area contributed by atoms with Crippen LogP contribution < -0.4 is 5.32 Å². The Labute approximate surface area is 148 Å². The van der Waals surface area contributed by atoms with Crippen LogP contribution >= 0.6 is 0 Å². The quantitative estimate of drug-likeness (QED) is 0.697. The number of benzene rings is 2. The second-order valence-electron chi connectivity index (χ2n) is 5.81. The Balaban J connectivity index is 1.86. The first-order valence-electron chi connectivity index (χ1n) is 7.94.